The maximum Gasteiger partial charge on any atom is 0.315 e. The fraction of sp³-hybridized carbons (Fsp3) is 0.943. The Bertz CT molecular complexity index is 2100. The van der Waals surface area contributed by atoms with Gasteiger partial charge in [0.25, 0.3) is 0 Å². The molecule has 4 heterocycles. The van der Waals surface area contributed by atoms with E-state index in [0.717, 1.165) is 12.0 Å². The summed E-state index contributed by atoms with van der Waals surface area (Å²) in [5, 5.41) is 152. The van der Waals surface area contributed by atoms with Crippen molar-refractivity contribution in [2.24, 2.45) is 50.2 Å². The Morgan fingerprint density at radius 1 is 0.632 bits per heavy atom. The number of fused-ring (bicyclic) bond motifs is 7. The highest BCUT2D eigenvalue weighted by atomic mass is 16.8. The number of carbonyl (C=O) groups is 1. The van der Waals surface area contributed by atoms with E-state index < -0.39 is 170 Å². The Balaban J connectivity index is 0.907. The molecule has 23 heteroatoms. The molecule has 0 spiro atoms. The van der Waals surface area contributed by atoms with E-state index in [4.69, 9.17) is 37.9 Å². The molecular formula is C53H86O23. The van der Waals surface area contributed by atoms with Crippen molar-refractivity contribution in [2.75, 3.05) is 26.4 Å². The average Bonchev–Trinajstić information content (AvgIpc) is 3.37. The highest BCUT2D eigenvalue weighted by molar-refractivity contribution is 5.79. The van der Waals surface area contributed by atoms with Crippen molar-refractivity contribution >= 4 is 5.97 Å². The zero-order chi connectivity index (χ0) is 55.6. The molecule has 9 aliphatic rings. The first-order chi connectivity index (χ1) is 35.5. The standard InChI is InChI=1S/C53H86O23/c1-22-31(58)34(61)38(65)45(71-22)74-41-27(18-54)72-43(40(67)36(41)63)70-20-28-33(60)35(62)39(66)46(73-28)76-47(68)53-14-12-48(2,3)16-24(53)23-8-9-30-49(4)17-25(56)42(75-44-37(64)32(59)26(57)19-69-44)50(5,21-55)29(49)10-11-52(30,7)51(23,6)13-15-53/h8,22,24-46,54-67H,9-21H2,1-7H3. The first-order valence-electron chi connectivity index (χ1n) is 27.3. The Morgan fingerprint density at radius 2 is 1.26 bits per heavy atom. The lowest BCUT2D eigenvalue weighted by molar-refractivity contribution is -0.361. The second-order valence-corrected chi connectivity index (χ2v) is 25.9. The van der Waals surface area contributed by atoms with Crippen molar-refractivity contribution < 1.29 is 114 Å². The van der Waals surface area contributed by atoms with Gasteiger partial charge in [0, 0.05) is 5.41 Å². The van der Waals surface area contributed by atoms with Gasteiger partial charge in [-0.3, -0.25) is 4.79 Å². The van der Waals surface area contributed by atoms with Crippen LogP contribution in [0, 0.1) is 50.2 Å². The molecule has 8 fully saturated rings. The van der Waals surface area contributed by atoms with Crippen molar-refractivity contribution in [2.45, 2.75) is 235 Å². The zero-order valence-corrected chi connectivity index (χ0v) is 44.6. The number of hydrogen-bond donors (Lipinski definition) is 14. The molecule has 76 heavy (non-hydrogen) atoms. The molecule has 0 radical (unpaired) electrons. The fourth-order valence-electron chi connectivity index (χ4n) is 16.2. The van der Waals surface area contributed by atoms with E-state index in [1.165, 1.54) is 6.92 Å². The summed E-state index contributed by atoms with van der Waals surface area (Å²) in [6, 6.07) is 0. The number of rotatable bonds is 11. The third kappa shape index (κ3) is 9.46. The highest BCUT2D eigenvalue weighted by Gasteiger charge is 2.71. The van der Waals surface area contributed by atoms with Crippen LogP contribution in [0.1, 0.15) is 106 Å². The van der Waals surface area contributed by atoms with Gasteiger partial charge in [-0.15, -0.1) is 0 Å². The highest BCUT2D eigenvalue weighted by Crippen LogP contribution is 2.76. The van der Waals surface area contributed by atoms with Crippen LogP contribution in [0.3, 0.4) is 0 Å². The number of ether oxygens (including phenoxy) is 8. The van der Waals surface area contributed by atoms with Crippen molar-refractivity contribution in [1.82, 2.24) is 0 Å². The largest absolute Gasteiger partial charge is 0.432 e. The second-order valence-electron chi connectivity index (χ2n) is 25.9. The lowest BCUT2D eigenvalue weighted by Gasteiger charge is -2.71. The van der Waals surface area contributed by atoms with Gasteiger partial charge in [-0.1, -0.05) is 53.2 Å². The molecular weight excluding hydrogens is 1000 g/mol. The second kappa shape index (κ2) is 21.3. The normalized spacial score (nSPS) is 55.2. The predicted octanol–water partition coefficient (Wildman–Crippen LogP) is -2.43. The third-order valence-corrected chi connectivity index (χ3v) is 21.1. The van der Waals surface area contributed by atoms with Gasteiger partial charge in [0.2, 0.25) is 6.29 Å². The maximum absolute atomic E-state index is 15.1. The summed E-state index contributed by atoms with van der Waals surface area (Å²) in [5.74, 6) is -1.06. The summed E-state index contributed by atoms with van der Waals surface area (Å²) in [4.78, 5) is 15.1. The monoisotopic (exact) mass is 1090 g/mol. The molecule has 14 N–H and O–H groups in total. The van der Waals surface area contributed by atoms with E-state index in [2.05, 4.69) is 40.7 Å². The minimum absolute atomic E-state index is 0.0176. The van der Waals surface area contributed by atoms with E-state index in [9.17, 15) is 71.5 Å². The topological polar surface area (TPSA) is 374 Å². The zero-order valence-electron chi connectivity index (χ0n) is 44.6. The van der Waals surface area contributed by atoms with Crippen molar-refractivity contribution in [3.05, 3.63) is 11.6 Å². The lowest BCUT2D eigenvalue weighted by atomic mass is 9.33. The van der Waals surface area contributed by atoms with Crippen LogP contribution in [0.5, 0.6) is 0 Å². The van der Waals surface area contributed by atoms with Crippen LogP contribution >= 0.6 is 0 Å². The molecule has 9 rings (SSSR count). The maximum atomic E-state index is 15.1. The van der Waals surface area contributed by atoms with Gasteiger partial charge in [0.15, 0.2) is 18.9 Å². The fourth-order valence-corrected chi connectivity index (χ4v) is 16.2. The Kier molecular flexibility index (Phi) is 16.5. The molecule has 29 unspecified atom stereocenters. The summed E-state index contributed by atoms with van der Waals surface area (Å²) in [6.45, 7) is 12.4. The van der Waals surface area contributed by atoms with Gasteiger partial charge in [0.05, 0.1) is 50.2 Å². The molecule has 0 aromatic heterocycles. The van der Waals surface area contributed by atoms with Gasteiger partial charge in [0.1, 0.15) is 85.5 Å². The number of carbonyl (C=O) groups excluding carboxylic acids is 1. The number of aliphatic hydroxyl groups is 14. The van der Waals surface area contributed by atoms with Crippen LogP contribution in [-0.2, 0) is 42.7 Å². The van der Waals surface area contributed by atoms with Crippen molar-refractivity contribution in [1.29, 1.82) is 0 Å². The molecule has 0 aromatic carbocycles. The summed E-state index contributed by atoms with van der Waals surface area (Å²) in [7, 11) is 0. The van der Waals surface area contributed by atoms with Crippen LogP contribution in [0.25, 0.3) is 0 Å². The van der Waals surface area contributed by atoms with Crippen molar-refractivity contribution in [3.63, 3.8) is 0 Å². The molecule has 0 amide bonds. The van der Waals surface area contributed by atoms with Crippen LogP contribution in [-0.4, -0.2) is 233 Å². The van der Waals surface area contributed by atoms with Crippen LogP contribution in [0.15, 0.2) is 11.6 Å². The lowest BCUT2D eigenvalue weighted by Crippen LogP contribution is -2.69. The number of esters is 1. The van der Waals surface area contributed by atoms with E-state index in [-0.39, 0.29) is 41.8 Å². The van der Waals surface area contributed by atoms with Gasteiger partial charge < -0.3 is 109 Å². The van der Waals surface area contributed by atoms with Crippen LogP contribution < -0.4 is 0 Å². The van der Waals surface area contributed by atoms with Crippen molar-refractivity contribution in [3.8, 4) is 0 Å². The van der Waals surface area contributed by atoms with Gasteiger partial charge >= 0.3 is 5.97 Å². The summed E-state index contributed by atoms with van der Waals surface area (Å²) < 4.78 is 46.7. The smallest absolute Gasteiger partial charge is 0.315 e. The van der Waals surface area contributed by atoms with E-state index in [0.29, 0.717) is 51.4 Å². The van der Waals surface area contributed by atoms with Gasteiger partial charge in [-0.05, 0) is 104 Å². The van der Waals surface area contributed by atoms with Gasteiger partial charge in [-0.25, -0.2) is 0 Å². The molecule has 0 bridgehead atoms. The summed E-state index contributed by atoms with van der Waals surface area (Å²) >= 11 is 0. The predicted molar refractivity (Wildman–Crippen MR) is 258 cm³/mol. The number of aliphatic hydroxyl groups excluding tert-OH is 14. The molecule has 0 aromatic rings. The number of allylic oxidation sites excluding steroid dienone is 2. The molecule has 23 nitrogen and oxygen atoms in total. The SMILES string of the molecule is CC1OC(OC2C(CO)OC(OCC3OC(OC(=O)C45CCC(C)(C)CC4C4=CCC6C7(C)CC(O)C(OC8OCC(O)C(O)C8O)C(C)(CO)C7CCC6(C)C4(C)CC5)C(O)C(O)C3O)C(O)C2O)C(O)C(O)C1O. The van der Waals surface area contributed by atoms with Gasteiger partial charge in [-0.2, -0.15) is 0 Å². The molecule has 5 aliphatic carbocycles. The molecule has 436 valence electrons. The van der Waals surface area contributed by atoms with E-state index in [1.807, 2.05) is 6.92 Å². The first-order valence-corrected chi connectivity index (χ1v) is 27.3. The average molecular weight is 1090 g/mol. The minimum Gasteiger partial charge on any atom is -0.432 e. The third-order valence-electron chi connectivity index (χ3n) is 21.1. The molecule has 4 aliphatic heterocycles. The molecule has 4 saturated carbocycles. The minimum atomic E-state index is -1.89. The summed E-state index contributed by atoms with van der Waals surface area (Å²) in [6.07, 6.45) is -25.0. The Morgan fingerprint density at radius 3 is 1.95 bits per heavy atom. The summed E-state index contributed by atoms with van der Waals surface area (Å²) in [5.41, 5.74) is -2.39. The van der Waals surface area contributed by atoms with Crippen LogP contribution in [0.2, 0.25) is 0 Å². The van der Waals surface area contributed by atoms with E-state index in [1.54, 1.807) is 0 Å². The number of hydrogen-bond acceptors (Lipinski definition) is 23. The van der Waals surface area contributed by atoms with E-state index >= 15 is 4.79 Å². The first kappa shape index (κ1) is 59.0. The van der Waals surface area contributed by atoms with Crippen LogP contribution in [0.4, 0.5) is 0 Å². The Hall–Kier alpha value is -1.63. The molecule has 29 atom stereocenters. The quantitative estimate of drug-likeness (QED) is 0.0581. The Labute approximate surface area is 442 Å². The molecule has 4 saturated heterocycles.